The lowest BCUT2D eigenvalue weighted by atomic mass is 10.1. The van der Waals surface area contributed by atoms with Crippen molar-refractivity contribution in [3.8, 4) is 16.3 Å². The molecule has 140 valence electrons. The summed E-state index contributed by atoms with van der Waals surface area (Å²) in [6.07, 6.45) is 0. The van der Waals surface area contributed by atoms with Crippen LogP contribution in [0.2, 0.25) is 0 Å². The Morgan fingerprint density at radius 2 is 1.86 bits per heavy atom. The van der Waals surface area contributed by atoms with Gasteiger partial charge in [0.05, 0.1) is 22.9 Å². The minimum absolute atomic E-state index is 0.221. The van der Waals surface area contributed by atoms with E-state index in [9.17, 15) is 4.79 Å². The number of hydrogen-bond donors (Lipinski definition) is 1. The molecule has 28 heavy (non-hydrogen) atoms. The molecular formula is C22H17BrN2O2S. The molecule has 4 nitrogen and oxygen atoms in total. The fourth-order valence-corrected chi connectivity index (χ4v) is 4.34. The number of rotatable bonds is 4. The largest absolute Gasteiger partial charge is 0.496 e. The lowest BCUT2D eigenvalue weighted by Crippen LogP contribution is -2.13. The predicted octanol–water partition coefficient (Wildman–Crippen LogP) is 6.30. The van der Waals surface area contributed by atoms with E-state index in [0.717, 1.165) is 20.6 Å². The average Bonchev–Trinajstić information content (AvgIpc) is 3.11. The van der Waals surface area contributed by atoms with Crippen molar-refractivity contribution in [1.82, 2.24) is 4.98 Å². The molecule has 3 aromatic carbocycles. The highest BCUT2D eigenvalue weighted by Crippen LogP contribution is 2.31. The SMILES string of the molecule is COc1ccc(Br)cc1C(=O)Nc1ccc(-c2nc3ccc(C)cc3s2)cc1. The summed E-state index contributed by atoms with van der Waals surface area (Å²) in [5, 5.41) is 3.88. The molecule has 0 aliphatic heterocycles. The van der Waals surface area contributed by atoms with Crippen LogP contribution in [-0.2, 0) is 0 Å². The third kappa shape index (κ3) is 3.79. The summed E-state index contributed by atoms with van der Waals surface area (Å²) in [4.78, 5) is 17.3. The number of carbonyl (C=O) groups excluding carboxylic acids is 1. The molecule has 0 atom stereocenters. The van der Waals surface area contributed by atoms with E-state index >= 15 is 0 Å². The molecule has 0 aliphatic carbocycles. The van der Waals surface area contributed by atoms with Gasteiger partial charge in [0.15, 0.2) is 0 Å². The summed E-state index contributed by atoms with van der Waals surface area (Å²) < 4.78 is 7.28. The second-order valence-corrected chi connectivity index (χ2v) is 8.31. The van der Waals surface area contributed by atoms with Gasteiger partial charge in [-0.3, -0.25) is 4.79 Å². The molecule has 1 heterocycles. The van der Waals surface area contributed by atoms with Gasteiger partial charge in [0, 0.05) is 15.7 Å². The Balaban J connectivity index is 1.56. The van der Waals surface area contributed by atoms with Crippen LogP contribution in [0.3, 0.4) is 0 Å². The van der Waals surface area contributed by atoms with E-state index < -0.39 is 0 Å². The third-order valence-electron chi connectivity index (χ3n) is 4.34. The number of methoxy groups -OCH3 is 1. The van der Waals surface area contributed by atoms with E-state index in [4.69, 9.17) is 9.72 Å². The number of benzene rings is 3. The summed E-state index contributed by atoms with van der Waals surface area (Å²) in [5.41, 5.74) is 4.44. The Hall–Kier alpha value is -2.70. The minimum atomic E-state index is -0.221. The molecule has 4 aromatic rings. The van der Waals surface area contributed by atoms with E-state index in [1.54, 1.807) is 30.6 Å². The van der Waals surface area contributed by atoms with E-state index in [1.165, 1.54) is 10.3 Å². The molecular weight excluding hydrogens is 436 g/mol. The monoisotopic (exact) mass is 452 g/mol. The number of halogens is 1. The van der Waals surface area contributed by atoms with Gasteiger partial charge in [-0.15, -0.1) is 11.3 Å². The zero-order chi connectivity index (χ0) is 19.7. The van der Waals surface area contributed by atoms with Crippen LogP contribution in [0.15, 0.2) is 65.1 Å². The van der Waals surface area contributed by atoms with Crippen LogP contribution in [-0.4, -0.2) is 18.0 Å². The standard InChI is InChI=1S/C22H17BrN2O2S/c1-13-3-9-18-20(11-13)28-22(25-18)14-4-7-16(8-5-14)24-21(26)17-12-15(23)6-10-19(17)27-2/h3-12H,1-2H3,(H,24,26). The molecule has 0 aliphatic rings. The van der Waals surface area contributed by atoms with Gasteiger partial charge in [-0.25, -0.2) is 4.98 Å². The minimum Gasteiger partial charge on any atom is -0.496 e. The van der Waals surface area contributed by atoms with Gasteiger partial charge in [0.1, 0.15) is 10.8 Å². The Morgan fingerprint density at radius 1 is 1.07 bits per heavy atom. The van der Waals surface area contributed by atoms with Crippen LogP contribution in [0.5, 0.6) is 5.75 Å². The number of anilines is 1. The van der Waals surface area contributed by atoms with Crippen LogP contribution in [0, 0.1) is 6.92 Å². The molecule has 0 saturated carbocycles. The summed E-state index contributed by atoms with van der Waals surface area (Å²) >= 11 is 5.06. The molecule has 1 amide bonds. The second kappa shape index (κ2) is 7.73. The number of carbonyl (C=O) groups is 1. The maximum atomic E-state index is 12.6. The molecule has 4 rings (SSSR count). The number of nitrogens with zero attached hydrogens (tertiary/aromatic N) is 1. The number of amides is 1. The zero-order valence-corrected chi connectivity index (χ0v) is 17.7. The maximum Gasteiger partial charge on any atom is 0.259 e. The van der Waals surface area contributed by atoms with Gasteiger partial charge in [0.2, 0.25) is 0 Å². The number of aromatic nitrogens is 1. The number of ether oxygens (including phenoxy) is 1. The molecule has 0 radical (unpaired) electrons. The Bertz CT molecular complexity index is 1170. The molecule has 1 N–H and O–H groups in total. The van der Waals surface area contributed by atoms with Crippen LogP contribution >= 0.6 is 27.3 Å². The molecule has 0 fully saturated rings. The Kier molecular flexibility index (Phi) is 5.15. The van der Waals surface area contributed by atoms with Crippen molar-refractivity contribution in [2.24, 2.45) is 0 Å². The third-order valence-corrected chi connectivity index (χ3v) is 5.90. The van der Waals surface area contributed by atoms with E-state index in [-0.39, 0.29) is 5.91 Å². The normalized spacial score (nSPS) is 10.8. The molecule has 6 heteroatoms. The lowest BCUT2D eigenvalue weighted by molar-refractivity contribution is 0.102. The van der Waals surface area contributed by atoms with E-state index in [1.807, 2.05) is 36.4 Å². The molecule has 0 bridgehead atoms. The van der Waals surface area contributed by atoms with E-state index in [2.05, 4.69) is 40.3 Å². The lowest BCUT2D eigenvalue weighted by Gasteiger charge is -2.10. The Morgan fingerprint density at radius 3 is 2.61 bits per heavy atom. The fourth-order valence-electron chi connectivity index (χ4n) is 2.91. The predicted molar refractivity (Wildman–Crippen MR) is 118 cm³/mol. The smallest absolute Gasteiger partial charge is 0.259 e. The van der Waals surface area contributed by atoms with Gasteiger partial charge < -0.3 is 10.1 Å². The van der Waals surface area contributed by atoms with Crippen molar-refractivity contribution in [2.45, 2.75) is 6.92 Å². The molecule has 1 aromatic heterocycles. The van der Waals surface area contributed by atoms with Crippen molar-refractivity contribution in [3.63, 3.8) is 0 Å². The summed E-state index contributed by atoms with van der Waals surface area (Å²) in [6.45, 7) is 2.08. The van der Waals surface area contributed by atoms with Crippen LogP contribution in [0.4, 0.5) is 5.69 Å². The zero-order valence-electron chi connectivity index (χ0n) is 15.3. The van der Waals surface area contributed by atoms with Gasteiger partial charge >= 0.3 is 0 Å². The first-order valence-corrected chi connectivity index (χ1v) is 10.3. The number of fused-ring (bicyclic) bond motifs is 1. The van der Waals surface area contributed by atoms with Gasteiger partial charge in [-0.1, -0.05) is 22.0 Å². The topological polar surface area (TPSA) is 51.2 Å². The first-order valence-electron chi connectivity index (χ1n) is 8.66. The first-order chi connectivity index (χ1) is 13.5. The number of hydrogen-bond acceptors (Lipinski definition) is 4. The van der Waals surface area contributed by atoms with Gasteiger partial charge in [-0.05, 0) is 67.1 Å². The Labute approximate surface area is 175 Å². The maximum absolute atomic E-state index is 12.6. The van der Waals surface area contributed by atoms with Crippen molar-refractivity contribution in [1.29, 1.82) is 0 Å². The van der Waals surface area contributed by atoms with Gasteiger partial charge in [-0.2, -0.15) is 0 Å². The number of nitrogens with one attached hydrogen (secondary N) is 1. The van der Waals surface area contributed by atoms with Crippen molar-refractivity contribution in [3.05, 3.63) is 76.3 Å². The molecule has 0 saturated heterocycles. The highest BCUT2D eigenvalue weighted by atomic mass is 79.9. The summed E-state index contributed by atoms with van der Waals surface area (Å²) in [7, 11) is 1.55. The van der Waals surface area contributed by atoms with Gasteiger partial charge in [0.25, 0.3) is 5.91 Å². The quantitative estimate of drug-likeness (QED) is 0.395. The fraction of sp³-hybridized carbons (Fsp3) is 0.0909. The second-order valence-electron chi connectivity index (χ2n) is 6.37. The molecule has 0 unspecified atom stereocenters. The highest BCUT2D eigenvalue weighted by molar-refractivity contribution is 9.10. The first kappa shape index (κ1) is 18.7. The number of thiazole rings is 1. The van der Waals surface area contributed by atoms with Crippen LogP contribution < -0.4 is 10.1 Å². The van der Waals surface area contributed by atoms with Crippen LogP contribution in [0.25, 0.3) is 20.8 Å². The molecule has 0 spiro atoms. The van der Waals surface area contributed by atoms with Crippen molar-refractivity contribution < 1.29 is 9.53 Å². The van der Waals surface area contributed by atoms with Crippen LogP contribution in [0.1, 0.15) is 15.9 Å². The number of aryl methyl sites for hydroxylation is 1. The summed E-state index contributed by atoms with van der Waals surface area (Å²) in [5.74, 6) is 0.309. The highest BCUT2D eigenvalue weighted by Gasteiger charge is 2.13. The van der Waals surface area contributed by atoms with Crippen molar-refractivity contribution >= 4 is 49.1 Å². The van der Waals surface area contributed by atoms with Crippen molar-refractivity contribution in [2.75, 3.05) is 12.4 Å². The average molecular weight is 453 g/mol. The summed E-state index contributed by atoms with van der Waals surface area (Å²) in [6, 6.07) is 19.3. The van der Waals surface area contributed by atoms with E-state index in [0.29, 0.717) is 17.0 Å².